The van der Waals surface area contributed by atoms with Gasteiger partial charge in [-0.15, -0.1) is 11.3 Å². The van der Waals surface area contributed by atoms with Crippen molar-refractivity contribution in [2.75, 3.05) is 19.0 Å². The lowest BCUT2D eigenvalue weighted by Crippen LogP contribution is -2.36. The fourth-order valence-corrected chi connectivity index (χ4v) is 3.21. The van der Waals surface area contributed by atoms with Gasteiger partial charge in [-0.2, -0.15) is 0 Å². The second-order valence-electron chi connectivity index (χ2n) is 5.99. The minimum atomic E-state index is -0.921. The second kappa shape index (κ2) is 7.79. The van der Waals surface area contributed by atoms with E-state index in [0.29, 0.717) is 18.0 Å². The van der Waals surface area contributed by atoms with Crippen molar-refractivity contribution in [2.45, 2.75) is 32.4 Å². The first-order chi connectivity index (χ1) is 11.3. The number of amides is 1. The Labute approximate surface area is 146 Å². The van der Waals surface area contributed by atoms with Crippen molar-refractivity contribution in [3.8, 4) is 5.75 Å². The first kappa shape index (κ1) is 18.4. The minimum absolute atomic E-state index is 0.00912. The molecule has 0 fully saturated rings. The second-order valence-corrected chi connectivity index (χ2v) is 6.94. The number of aliphatic hydroxyl groups is 1. The number of hydrogen-bond donors (Lipinski definition) is 3. The summed E-state index contributed by atoms with van der Waals surface area (Å²) in [5.41, 5.74) is 0.720. The predicted octanol–water partition coefficient (Wildman–Crippen LogP) is 3.27. The molecule has 2 atom stereocenters. The van der Waals surface area contributed by atoms with E-state index in [0.717, 1.165) is 10.4 Å². The minimum Gasteiger partial charge on any atom is -0.495 e. The van der Waals surface area contributed by atoms with Crippen LogP contribution in [0.1, 0.15) is 37.3 Å². The molecule has 1 heterocycles. The van der Waals surface area contributed by atoms with Crippen molar-refractivity contribution >= 4 is 22.9 Å². The van der Waals surface area contributed by atoms with Crippen LogP contribution in [0, 0.1) is 0 Å². The molecule has 24 heavy (non-hydrogen) atoms. The first-order valence-electron chi connectivity index (χ1n) is 7.79. The van der Waals surface area contributed by atoms with Crippen LogP contribution in [-0.2, 0) is 10.4 Å². The Morgan fingerprint density at radius 2 is 2.17 bits per heavy atom. The molecule has 0 radical (unpaired) electrons. The number of nitrogens with one attached hydrogen (secondary N) is 2. The summed E-state index contributed by atoms with van der Waals surface area (Å²) in [4.78, 5) is 12.3. The lowest BCUT2D eigenvalue weighted by Gasteiger charge is -2.25. The van der Waals surface area contributed by atoms with Gasteiger partial charge in [0, 0.05) is 24.4 Å². The van der Waals surface area contributed by atoms with Crippen molar-refractivity contribution < 1.29 is 14.6 Å². The summed E-state index contributed by atoms with van der Waals surface area (Å²) in [7, 11) is 1.57. The Bertz CT molecular complexity index is 684. The topological polar surface area (TPSA) is 70.6 Å². The SMILES string of the molecule is COc1ccc(C(C)NCC(C)(O)c2cccs2)cc1NC(C)=O. The van der Waals surface area contributed by atoms with E-state index in [-0.39, 0.29) is 11.9 Å². The standard InChI is InChI=1S/C18H24N2O3S/c1-12(19-11-18(3,22)17-6-5-9-24-17)14-7-8-16(23-4)15(10-14)20-13(2)21/h5-10,12,19,22H,11H2,1-4H3,(H,20,21). The summed E-state index contributed by atoms with van der Waals surface area (Å²) >= 11 is 1.54. The Kier molecular flexibility index (Phi) is 5.99. The Morgan fingerprint density at radius 3 is 2.75 bits per heavy atom. The van der Waals surface area contributed by atoms with Crippen LogP contribution < -0.4 is 15.4 Å². The Balaban J connectivity index is 2.09. The smallest absolute Gasteiger partial charge is 0.221 e. The lowest BCUT2D eigenvalue weighted by atomic mass is 10.0. The third kappa shape index (κ3) is 4.56. The van der Waals surface area contributed by atoms with Crippen LogP contribution >= 0.6 is 11.3 Å². The molecule has 1 aromatic carbocycles. The number of methoxy groups -OCH3 is 1. The van der Waals surface area contributed by atoms with Crippen molar-refractivity contribution in [3.63, 3.8) is 0 Å². The van der Waals surface area contributed by atoms with Crippen LogP contribution in [0.15, 0.2) is 35.7 Å². The molecule has 130 valence electrons. The van der Waals surface area contributed by atoms with E-state index in [4.69, 9.17) is 4.74 Å². The summed E-state index contributed by atoms with van der Waals surface area (Å²) in [5, 5.41) is 18.7. The van der Waals surface area contributed by atoms with Crippen molar-refractivity contribution in [2.24, 2.45) is 0 Å². The fourth-order valence-electron chi connectivity index (χ4n) is 2.42. The molecule has 6 heteroatoms. The highest BCUT2D eigenvalue weighted by atomic mass is 32.1. The van der Waals surface area contributed by atoms with Gasteiger partial charge in [0.25, 0.3) is 0 Å². The van der Waals surface area contributed by atoms with Crippen molar-refractivity contribution in [1.29, 1.82) is 0 Å². The van der Waals surface area contributed by atoms with E-state index in [2.05, 4.69) is 10.6 Å². The van der Waals surface area contributed by atoms with Crippen LogP contribution in [-0.4, -0.2) is 24.7 Å². The number of rotatable bonds is 7. The third-order valence-corrected chi connectivity index (χ3v) is 4.96. The number of thiophene rings is 1. The summed E-state index contributed by atoms with van der Waals surface area (Å²) in [6.07, 6.45) is 0. The molecule has 2 rings (SSSR count). The zero-order valence-electron chi connectivity index (χ0n) is 14.4. The number of carbonyl (C=O) groups is 1. The summed E-state index contributed by atoms with van der Waals surface area (Å²) < 4.78 is 5.27. The van der Waals surface area contributed by atoms with Gasteiger partial charge in [0.15, 0.2) is 0 Å². The monoisotopic (exact) mass is 348 g/mol. The summed E-state index contributed by atoms with van der Waals surface area (Å²) in [5.74, 6) is 0.471. The van der Waals surface area contributed by atoms with Crippen LogP contribution in [0.3, 0.4) is 0 Å². The zero-order chi connectivity index (χ0) is 17.7. The third-order valence-electron chi connectivity index (χ3n) is 3.84. The van der Waals surface area contributed by atoms with Gasteiger partial charge in [-0.3, -0.25) is 4.79 Å². The maximum Gasteiger partial charge on any atom is 0.221 e. The Hall–Kier alpha value is -1.89. The van der Waals surface area contributed by atoms with E-state index in [1.165, 1.54) is 18.3 Å². The van der Waals surface area contributed by atoms with Crippen LogP contribution in [0.5, 0.6) is 5.75 Å². The van der Waals surface area contributed by atoms with Crippen molar-refractivity contribution in [3.05, 3.63) is 46.2 Å². The predicted molar refractivity (Wildman–Crippen MR) is 97.6 cm³/mol. The molecule has 2 unspecified atom stereocenters. The fraction of sp³-hybridized carbons (Fsp3) is 0.389. The highest BCUT2D eigenvalue weighted by molar-refractivity contribution is 7.10. The van der Waals surface area contributed by atoms with Gasteiger partial charge in [-0.25, -0.2) is 0 Å². The molecule has 3 N–H and O–H groups in total. The van der Waals surface area contributed by atoms with Crippen LogP contribution in [0.2, 0.25) is 0 Å². The molecule has 1 aromatic heterocycles. The van der Waals surface area contributed by atoms with Gasteiger partial charge in [0.2, 0.25) is 5.91 Å². The average Bonchev–Trinajstić information content (AvgIpc) is 3.07. The van der Waals surface area contributed by atoms with Gasteiger partial charge in [0.05, 0.1) is 12.8 Å². The molecule has 5 nitrogen and oxygen atoms in total. The molecular formula is C18H24N2O3S. The Morgan fingerprint density at radius 1 is 1.42 bits per heavy atom. The van der Waals surface area contributed by atoms with E-state index in [1.54, 1.807) is 14.0 Å². The molecule has 0 spiro atoms. The molecule has 0 aliphatic heterocycles. The number of anilines is 1. The quantitative estimate of drug-likeness (QED) is 0.718. The van der Waals surface area contributed by atoms with Gasteiger partial charge < -0.3 is 20.5 Å². The number of ether oxygens (including phenoxy) is 1. The van der Waals surface area contributed by atoms with E-state index >= 15 is 0 Å². The first-order valence-corrected chi connectivity index (χ1v) is 8.66. The molecule has 0 saturated carbocycles. The number of carbonyl (C=O) groups excluding carboxylic acids is 1. The molecule has 0 saturated heterocycles. The maximum absolute atomic E-state index is 11.3. The normalized spacial score (nSPS) is 14.7. The van der Waals surface area contributed by atoms with E-state index in [1.807, 2.05) is 42.6 Å². The lowest BCUT2D eigenvalue weighted by molar-refractivity contribution is -0.114. The molecule has 1 amide bonds. The van der Waals surface area contributed by atoms with Gasteiger partial charge >= 0.3 is 0 Å². The van der Waals surface area contributed by atoms with Crippen LogP contribution in [0.25, 0.3) is 0 Å². The largest absolute Gasteiger partial charge is 0.495 e. The highest BCUT2D eigenvalue weighted by Crippen LogP contribution is 2.29. The molecule has 0 aliphatic carbocycles. The average molecular weight is 348 g/mol. The molecule has 2 aromatic rings. The van der Waals surface area contributed by atoms with Gasteiger partial charge in [-0.05, 0) is 43.0 Å². The molecular weight excluding hydrogens is 324 g/mol. The number of hydrogen-bond acceptors (Lipinski definition) is 5. The molecule has 0 aliphatic rings. The van der Waals surface area contributed by atoms with E-state index in [9.17, 15) is 9.90 Å². The summed E-state index contributed by atoms with van der Waals surface area (Å²) in [6.45, 7) is 5.71. The maximum atomic E-state index is 11.3. The van der Waals surface area contributed by atoms with E-state index < -0.39 is 5.60 Å². The van der Waals surface area contributed by atoms with Crippen LogP contribution in [0.4, 0.5) is 5.69 Å². The van der Waals surface area contributed by atoms with Gasteiger partial charge in [0.1, 0.15) is 11.4 Å². The zero-order valence-corrected chi connectivity index (χ0v) is 15.2. The van der Waals surface area contributed by atoms with Gasteiger partial charge in [-0.1, -0.05) is 12.1 Å². The summed E-state index contributed by atoms with van der Waals surface area (Å²) in [6, 6.07) is 9.53. The highest BCUT2D eigenvalue weighted by Gasteiger charge is 2.24. The number of benzene rings is 1. The van der Waals surface area contributed by atoms with Crippen molar-refractivity contribution in [1.82, 2.24) is 5.32 Å². The molecule has 0 bridgehead atoms.